The number of nitrogens with zero attached hydrogens (tertiary/aromatic N) is 9. The van der Waals surface area contributed by atoms with Gasteiger partial charge in [0.2, 0.25) is 47.7 Å². The Labute approximate surface area is 559 Å². The van der Waals surface area contributed by atoms with E-state index in [0.29, 0.717) is 109 Å². The standard InChI is InChI=1S/3C23H26N4O4S/c1-15-4-6-19(7-5-15)22-25-26-23(31-22)24-21(28)18-8-10-20(11-9-18)32(29,30)27-13-16(2)12-17(3)14-27;2*1-15-5-4-6-19(12-15)22-25-26-23(31-22)24-21(28)18-7-9-20(10-8-18)32(29,30)27-13-16(2)11-17(3)14-27/h4-11,16-17H,12-14H2,1-3H3,(H,24,26,28);2*4-10,12,16-17H,11,13-14H2,1-3H3,(H,24,26,28)/t3*16-,17+. The summed E-state index contributed by atoms with van der Waals surface area (Å²) in [4.78, 5) is 38.2. The van der Waals surface area contributed by atoms with Crippen LogP contribution >= 0.6 is 0 Å². The van der Waals surface area contributed by atoms with Gasteiger partial charge in [0.1, 0.15) is 0 Å². The van der Waals surface area contributed by atoms with Gasteiger partial charge in [-0.1, -0.05) is 110 Å². The number of benzene rings is 6. The molecule has 3 aliphatic heterocycles. The van der Waals surface area contributed by atoms with Gasteiger partial charge in [-0.2, -0.15) is 12.9 Å². The van der Waals surface area contributed by atoms with Crippen LogP contribution in [0.15, 0.2) is 174 Å². The first-order valence-electron chi connectivity index (χ1n) is 31.6. The molecule has 24 nitrogen and oxygen atoms in total. The van der Waals surface area contributed by atoms with Crippen molar-refractivity contribution in [3.05, 3.63) is 179 Å². The van der Waals surface area contributed by atoms with E-state index in [2.05, 4.69) is 88.1 Å². The summed E-state index contributed by atoms with van der Waals surface area (Å²) in [7, 11) is -10.8. The number of sulfonamides is 3. The van der Waals surface area contributed by atoms with Crippen LogP contribution in [-0.4, -0.2) is 126 Å². The molecule has 3 aromatic heterocycles. The van der Waals surface area contributed by atoms with Gasteiger partial charge in [-0.25, -0.2) is 25.3 Å². The summed E-state index contributed by atoms with van der Waals surface area (Å²) in [6, 6.07) is 40.3. The van der Waals surface area contributed by atoms with Crippen molar-refractivity contribution < 1.29 is 52.9 Å². The third-order valence-corrected chi connectivity index (χ3v) is 22.1. The minimum atomic E-state index is -3.60. The molecule has 504 valence electrons. The molecular formula is C69H78N12O12S3. The number of rotatable bonds is 15. The van der Waals surface area contributed by atoms with Crippen molar-refractivity contribution in [2.75, 3.05) is 55.2 Å². The fourth-order valence-corrected chi connectivity index (χ4v) is 17.2. The predicted molar refractivity (Wildman–Crippen MR) is 362 cm³/mol. The van der Waals surface area contributed by atoms with E-state index in [1.165, 1.54) is 85.7 Å². The van der Waals surface area contributed by atoms with Gasteiger partial charge >= 0.3 is 18.0 Å². The fourth-order valence-electron chi connectivity index (χ4n) is 12.1. The molecule has 0 aliphatic carbocycles. The first kappa shape index (κ1) is 69.7. The lowest BCUT2D eigenvalue weighted by Crippen LogP contribution is -2.42. The number of hydrogen-bond acceptors (Lipinski definition) is 18. The Morgan fingerprint density at radius 1 is 0.354 bits per heavy atom. The van der Waals surface area contributed by atoms with Gasteiger partial charge in [0, 0.05) is 72.6 Å². The summed E-state index contributed by atoms with van der Waals surface area (Å²) < 4.78 is 99.2. The van der Waals surface area contributed by atoms with Crippen molar-refractivity contribution in [2.45, 2.75) is 96.3 Å². The number of nitrogens with one attached hydrogen (secondary N) is 3. The van der Waals surface area contributed by atoms with Crippen molar-refractivity contribution in [3.8, 4) is 34.4 Å². The molecule has 3 saturated heterocycles. The van der Waals surface area contributed by atoms with Gasteiger partial charge < -0.3 is 13.3 Å². The molecule has 0 saturated carbocycles. The first-order chi connectivity index (χ1) is 45.7. The molecule has 3 N–H and O–H groups in total. The van der Waals surface area contributed by atoms with E-state index in [0.717, 1.165) is 52.6 Å². The number of amides is 3. The number of aromatic nitrogens is 6. The van der Waals surface area contributed by atoms with Crippen LogP contribution in [0.1, 0.15) is 109 Å². The average molecular weight is 1360 g/mol. The van der Waals surface area contributed by atoms with Crippen molar-refractivity contribution in [2.24, 2.45) is 35.5 Å². The van der Waals surface area contributed by atoms with Crippen LogP contribution in [0.2, 0.25) is 0 Å². The van der Waals surface area contributed by atoms with Crippen LogP contribution in [0.5, 0.6) is 0 Å². The Hall–Kier alpha value is -9.12. The molecule has 6 atom stereocenters. The zero-order chi connectivity index (χ0) is 68.6. The molecule has 3 fully saturated rings. The number of piperidine rings is 3. The predicted octanol–water partition coefficient (Wildman–Crippen LogP) is 11.9. The van der Waals surface area contributed by atoms with Crippen LogP contribution in [0, 0.1) is 56.3 Å². The fraction of sp³-hybridized carbons (Fsp3) is 0.348. The van der Waals surface area contributed by atoms with Gasteiger partial charge in [-0.05, 0) is 185 Å². The van der Waals surface area contributed by atoms with Crippen LogP contribution in [0.3, 0.4) is 0 Å². The molecule has 6 aromatic carbocycles. The smallest absolute Gasteiger partial charge is 0.322 e. The second kappa shape index (κ2) is 29.9. The highest BCUT2D eigenvalue weighted by Crippen LogP contribution is 2.32. The quantitative estimate of drug-likeness (QED) is 0.0858. The van der Waals surface area contributed by atoms with Gasteiger partial charge in [-0.15, -0.1) is 15.3 Å². The summed E-state index contributed by atoms with van der Waals surface area (Å²) in [5.41, 5.74) is 6.35. The Balaban J connectivity index is 0.000000157. The number of anilines is 3. The highest BCUT2D eigenvalue weighted by atomic mass is 32.2. The minimum absolute atomic E-state index is 0.0282. The second-order valence-corrected chi connectivity index (χ2v) is 31.4. The first-order valence-corrected chi connectivity index (χ1v) is 35.9. The van der Waals surface area contributed by atoms with Crippen LogP contribution < -0.4 is 16.0 Å². The summed E-state index contributed by atoms with van der Waals surface area (Å²) in [6.07, 6.45) is 3.06. The molecule has 3 amide bonds. The molecule has 12 rings (SSSR count). The number of carbonyl (C=O) groups is 3. The molecule has 3 aliphatic rings. The average Bonchev–Trinajstić information content (AvgIpc) is 1.13. The van der Waals surface area contributed by atoms with Crippen LogP contribution in [0.25, 0.3) is 34.4 Å². The van der Waals surface area contributed by atoms with E-state index in [1.807, 2.05) is 93.6 Å². The maximum absolute atomic E-state index is 13.0. The highest BCUT2D eigenvalue weighted by Gasteiger charge is 2.35. The molecule has 27 heteroatoms. The summed E-state index contributed by atoms with van der Waals surface area (Å²) in [6.45, 7) is 21.3. The summed E-state index contributed by atoms with van der Waals surface area (Å²) >= 11 is 0. The van der Waals surface area contributed by atoms with Gasteiger partial charge in [0.05, 0.1) is 14.7 Å². The Morgan fingerprint density at radius 3 is 0.896 bits per heavy atom. The summed E-state index contributed by atoms with van der Waals surface area (Å²) in [5.74, 6) is 1.41. The molecular weight excluding hydrogens is 1290 g/mol. The zero-order valence-corrected chi connectivity index (χ0v) is 57.3. The Morgan fingerprint density at radius 2 is 0.625 bits per heavy atom. The van der Waals surface area contributed by atoms with E-state index in [4.69, 9.17) is 13.3 Å². The molecule has 0 spiro atoms. The summed E-state index contributed by atoms with van der Waals surface area (Å²) in [5, 5.41) is 31.2. The Kier molecular flexibility index (Phi) is 21.7. The lowest BCUT2D eigenvalue weighted by molar-refractivity contribution is 0.101. The lowest BCUT2D eigenvalue weighted by atomic mass is 9.94. The van der Waals surface area contributed by atoms with Gasteiger partial charge in [-0.3, -0.25) is 30.3 Å². The van der Waals surface area contributed by atoms with Gasteiger partial charge in [0.25, 0.3) is 17.7 Å². The van der Waals surface area contributed by atoms with Crippen molar-refractivity contribution in [1.29, 1.82) is 0 Å². The number of aryl methyl sites for hydroxylation is 3. The highest BCUT2D eigenvalue weighted by molar-refractivity contribution is 7.89. The van der Waals surface area contributed by atoms with Crippen molar-refractivity contribution >= 4 is 65.8 Å². The molecule has 0 radical (unpaired) electrons. The third kappa shape index (κ3) is 17.3. The number of hydrogen-bond donors (Lipinski definition) is 3. The van der Waals surface area contributed by atoms with E-state index in [-0.39, 0.29) is 32.7 Å². The van der Waals surface area contributed by atoms with Gasteiger partial charge in [0.15, 0.2) is 0 Å². The largest absolute Gasteiger partial charge is 0.403 e. The van der Waals surface area contributed by atoms with Crippen LogP contribution in [-0.2, 0) is 30.1 Å². The van der Waals surface area contributed by atoms with E-state index in [9.17, 15) is 39.6 Å². The molecule has 96 heavy (non-hydrogen) atoms. The monoisotopic (exact) mass is 1360 g/mol. The molecule has 0 bridgehead atoms. The van der Waals surface area contributed by atoms with Crippen molar-refractivity contribution in [3.63, 3.8) is 0 Å². The Bertz CT molecular complexity index is 4340. The maximum atomic E-state index is 13.0. The molecule has 0 unspecified atom stereocenters. The van der Waals surface area contributed by atoms with E-state index >= 15 is 0 Å². The maximum Gasteiger partial charge on any atom is 0.322 e. The van der Waals surface area contributed by atoms with Crippen LogP contribution in [0.4, 0.5) is 18.0 Å². The molecule has 6 heterocycles. The normalized spacial score (nSPS) is 19.6. The topological polar surface area (TPSA) is 316 Å². The third-order valence-electron chi connectivity index (χ3n) is 16.5. The minimum Gasteiger partial charge on any atom is -0.403 e. The lowest BCUT2D eigenvalue weighted by Gasteiger charge is -2.34. The van der Waals surface area contributed by atoms with E-state index < -0.39 is 47.8 Å². The molecule has 9 aromatic rings. The van der Waals surface area contributed by atoms with Crippen molar-refractivity contribution in [1.82, 2.24) is 43.5 Å². The second-order valence-electron chi connectivity index (χ2n) is 25.6. The van der Waals surface area contributed by atoms with E-state index in [1.54, 1.807) is 0 Å². The zero-order valence-electron chi connectivity index (χ0n) is 54.8. The number of carbonyl (C=O) groups excluding carboxylic acids is 3. The SMILES string of the molecule is Cc1ccc(-c2nnc(NC(=O)c3ccc(S(=O)(=O)N4C[C@H](C)C[C@H](C)C4)cc3)o2)cc1.Cc1cccc(-c2nnc(NC(=O)c3ccc(S(=O)(=O)N4C[C@H](C)C[C@H](C)C4)cc3)o2)c1.Cc1cccc(-c2nnc(NC(=O)c3ccc(S(=O)(=O)N4C[C@H](C)C[C@H](C)C4)cc3)o2)c1.